The van der Waals surface area contributed by atoms with Crippen LogP contribution in [0.25, 0.3) is 0 Å². The molecule has 0 radical (unpaired) electrons. The molecule has 0 saturated carbocycles. The van der Waals surface area contributed by atoms with Crippen LogP contribution in [0, 0.1) is 0 Å². The van der Waals surface area contributed by atoms with E-state index in [-0.39, 0.29) is 12.2 Å². The van der Waals surface area contributed by atoms with Gasteiger partial charge >= 0.3 is 0 Å². The van der Waals surface area contributed by atoms with Gasteiger partial charge < -0.3 is 14.2 Å². The van der Waals surface area contributed by atoms with Crippen LogP contribution in [0.1, 0.15) is 27.0 Å². The molecule has 4 nitrogen and oxygen atoms in total. The van der Waals surface area contributed by atoms with Gasteiger partial charge in [0.05, 0.1) is 17.7 Å². The Hall–Kier alpha value is -3.76. The molecule has 0 heterocycles. The minimum absolute atomic E-state index is 0.0928. The molecule has 0 aliphatic rings. The highest BCUT2D eigenvalue weighted by atomic mass is 35.5. The lowest BCUT2D eigenvalue weighted by Crippen LogP contribution is -2.08. The fraction of sp³-hybridized carbons (Fsp3) is 0.138. The zero-order valence-corrected chi connectivity index (χ0v) is 19.6. The molecule has 0 unspecified atom stereocenters. The van der Waals surface area contributed by atoms with E-state index in [1.54, 1.807) is 19.2 Å². The Morgan fingerprint density at radius 2 is 1.26 bits per heavy atom. The second kappa shape index (κ2) is 11.4. The summed E-state index contributed by atoms with van der Waals surface area (Å²) in [6.07, 6.45) is 0.215. The van der Waals surface area contributed by atoms with Gasteiger partial charge in [-0.05, 0) is 34.9 Å². The average molecular weight is 473 g/mol. The normalized spacial score (nSPS) is 10.5. The van der Waals surface area contributed by atoms with Gasteiger partial charge in [0.25, 0.3) is 0 Å². The van der Waals surface area contributed by atoms with Gasteiger partial charge in [-0.15, -0.1) is 0 Å². The molecule has 0 spiro atoms. The summed E-state index contributed by atoms with van der Waals surface area (Å²) in [5.41, 5.74) is 3.31. The molecule has 5 heteroatoms. The van der Waals surface area contributed by atoms with Crippen LogP contribution < -0.4 is 14.2 Å². The predicted octanol–water partition coefficient (Wildman–Crippen LogP) is 6.93. The van der Waals surface area contributed by atoms with Crippen molar-refractivity contribution in [2.45, 2.75) is 19.6 Å². The Morgan fingerprint density at radius 3 is 1.82 bits per heavy atom. The molecular formula is C29H25ClO4. The SMILES string of the molecule is COc1ccc(CC(=O)c2cc(Cl)c(OCc3ccccc3)cc2OCc2ccccc2)cc1. The second-order valence-electron chi connectivity index (χ2n) is 7.78. The molecule has 0 saturated heterocycles. The molecule has 0 atom stereocenters. The van der Waals surface area contributed by atoms with Crippen LogP contribution in [-0.4, -0.2) is 12.9 Å². The largest absolute Gasteiger partial charge is 0.497 e. The van der Waals surface area contributed by atoms with E-state index in [4.69, 9.17) is 25.8 Å². The molecule has 4 aromatic carbocycles. The molecular weight excluding hydrogens is 448 g/mol. The first-order valence-corrected chi connectivity index (χ1v) is 11.3. The molecule has 0 N–H and O–H groups in total. The van der Waals surface area contributed by atoms with Crippen molar-refractivity contribution >= 4 is 17.4 Å². The van der Waals surface area contributed by atoms with Crippen LogP contribution in [-0.2, 0) is 19.6 Å². The quantitative estimate of drug-likeness (QED) is 0.235. The number of rotatable bonds is 10. The van der Waals surface area contributed by atoms with Crippen LogP contribution >= 0.6 is 11.6 Å². The summed E-state index contributed by atoms with van der Waals surface area (Å²) in [6.45, 7) is 0.682. The number of methoxy groups -OCH3 is 1. The molecule has 172 valence electrons. The average Bonchev–Trinajstić information content (AvgIpc) is 2.88. The summed E-state index contributed by atoms with van der Waals surface area (Å²) in [4.78, 5) is 13.2. The predicted molar refractivity (Wildman–Crippen MR) is 134 cm³/mol. The number of hydrogen-bond acceptors (Lipinski definition) is 4. The molecule has 0 fully saturated rings. The third-order valence-corrected chi connectivity index (χ3v) is 5.63. The highest BCUT2D eigenvalue weighted by Crippen LogP contribution is 2.35. The van der Waals surface area contributed by atoms with Crippen LogP contribution in [0.4, 0.5) is 0 Å². The Balaban J connectivity index is 1.58. The lowest BCUT2D eigenvalue weighted by molar-refractivity contribution is 0.0988. The fourth-order valence-corrected chi connectivity index (χ4v) is 3.70. The van der Waals surface area contributed by atoms with Crippen molar-refractivity contribution in [1.82, 2.24) is 0 Å². The number of carbonyl (C=O) groups excluding carboxylic acids is 1. The first kappa shape index (κ1) is 23.4. The van der Waals surface area contributed by atoms with Gasteiger partial charge in [-0.25, -0.2) is 0 Å². The van der Waals surface area contributed by atoms with Crippen LogP contribution in [0.3, 0.4) is 0 Å². The standard InChI is InChI=1S/C29H25ClO4/c1-32-24-14-12-21(13-15-24)16-27(31)25-17-26(30)29(34-20-23-10-6-3-7-11-23)18-28(25)33-19-22-8-4-2-5-9-22/h2-15,17-18H,16,19-20H2,1H3. The van der Waals surface area contributed by atoms with E-state index in [9.17, 15) is 4.79 Å². The summed E-state index contributed by atoms with van der Waals surface area (Å²) in [7, 11) is 1.61. The van der Waals surface area contributed by atoms with Gasteiger partial charge in [-0.2, -0.15) is 0 Å². The Kier molecular flexibility index (Phi) is 7.84. The van der Waals surface area contributed by atoms with Crippen molar-refractivity contribution < 1.29 is 19.0 Å². The molecule has 0 aromatic heterocycles. The van der Waals surface area contributed by atoms with Gasteiger partial charge in [0.2, 0.25) is 0 Å². The Bertz CT molecular complexity index is 1220. The fourth-order valence-electron chi connectivity index (χ4n) is 3.48. The van der Waals surface area contributed by atoms with Gasteiger partial charge in [0.1, 0.15) is 30.5 Å². The molecule has 0 aliphatic carbocycles. The number of hydrogen-bond donors (Lipinski definition) is 0. The van der Waals surface area contributed by atoms with E-state index >= 15 is 0 Å². The smallest absolute Gasteiger partial charge is 0.171 e. The molecule has 4 aromatic rings. The second-order valence-corrected chi connectivity index (χ2v) is 8.18. The van der Waals surface area contributed by atoms with E-state index in [0.29, 0.717) is 35.3 Å². The number of Topliss-reactive ketones (excluding diaryl/α,β-unsaturated/α-hetero) is 1. The zero-order valence-electron chi connectivity index (χ0n) is 18.9. The van der Waals surface area contributed by atoms with Crippen molar-refractivity contribution in [3.63, 3.8) is 0 Å². The zero-order chi connectivity index (χ0) is 23.8. The number of halogens is 1. The number of ether oxygens (including phenoxy) is 3. The maximum absolute atomic E-state index is 13.2. The van der Waals surface area contributed by atoms with Gasteiger partial charge in [0, 0.05) is 12.5 Å². The molecule has 0 amide bonds. The summed E-state index contributed by atoms with van der Waals surface area (Å²) < 4.78 is 17.2. The van der Waals surface area contributed by atoms with Crippen molar-refractivity contribution in [2.75, 3.05) is 7.11 Å². The highest BCUT2D eigenvalue weighted by Gasteiger charge is 2.18. The summed E-state index contributed by atoms with van der Waals surface area (Å²) in [5.74, 6) is 1.56. The maximum Gasteiger partial charge on any atom is 0.171 e. The van der Waals surface area contributed by atoms with Crippen LogP contribution in [0.15, 0.2) is 97.1 Å². The molecule has 4 rings (SSSR count). The van der Waals surface area contributed by atoms with E-state index < -0.39 is 0 Å². The summed E-state index contributed by atoms with van der Waals surface area (Å²) >= 11 is 6.52. The molecule has 0 bridgehead atoms. The Labute approximate surface area is 204 Å². The third kappa shape index (κ3) is 6.18. The topological polar surface area (TPSA) is 44.8 Å². The molecule has 0 aliphatic heterocycles. The van der Waals surface area contributed by atoms with E-state index in [0.717, 1.165) is 22.4 Å². The summed E-state index contributed by atoms with van der Waals surface area (Å²) in [5, 5.41) is 0.362. The number of benzene rings is 4. The van der Waals surface area contributed by atoms with E-state index in [2.05, 4.69) is 0 Å². The minimum Gasteiger partial charge on any atom is -0.497 e. The van der Waals surface area contributed by atoms with Crippen molar-refractivity contribution in [2.24, 2.45) is 0 Å². The third-order valence-electron chi connectivity index (χ3n) is 5.33. The van der Waals surface area contributed by atoms with Gasteiger partial charge in [-0.3, -0.25) is 4.79 Å². The van der Waals surface area contributed by atoms with E-state index in [1.807, 2.05) is 84.9 Å². The van der Waals surface area contributed by atoms with E-state index in [1.165, 1.54) is 0 Å². The van der Waals surface area contributed by atoms with Gasteiger partial charge in [0.15, 0.2) is 5.78 Å². The number of ketones is 1. The highest BCUT2D eigenvalue weighted by molar-refractivity contribution is 6.32. The van der Waals surface area contributed by atoms with Crippen molar-refractivity contribution in [1.29, 1.82) is 0 Å². The minimum atomic E-state index is -0.0928. The monoisotopic (exact) mass is 472 g/mol. The Morgan fingerprint density at radius 1 is 0.706 bits per heavy atom. The van der Waals surface area contributed by atoms with Crippen molar-refractivity contribution in [3.8, 4) is 17.2 Å². The van der Waals surface area contributed by atoms with Crippen LogP contribution in [0.5, 0.6) is 17.2 Å². The lowest BCUT2D eigenvalue weighted by atomic mass is 10.0. The molecule has 34 heavy (non-hydrogen) atoms. The lowest BCUT2D eigenvalue weighted by Gasteiger charge is -2.15. The summed E-state index contributed by atoms with van der Waals surface area (Å²) in [6, 6.07) is 30.4. The van der Waals surface area contributed by atoms with Crippen molar-refractivity contribution in [3.05, 3.63) is 124 Å². The first-order valence-electron chi connectivity index (χ1n) is 11.0. The maximum atomic E-state index is 13.2. The van der Waals surface area contributed by atoms with Gasteiger partial charge in [-0.1, -0.05) is 84.4 Å². The first-order chi connectivity index (χ1) is 16.6. The van der Waals surface area contributed by atoms with Crippen LogP contribution in [0.2, 0.25) is 5.02 Å². The number of carbonyl (C=O) groups is 1.